The molecule has 4 bridgehead atoms. The molecule has 0 saturated carbocycles. The summed E-state index contributed by atoms with van der Waals surface area (Å²) in [5.41, 5.74) is 2.45. The molecule has 1 aromatic carbocycles. The summed E-state index contributed by atoms with van der Waals surface area (Å²) in [6.07, 6.45) is 6.66. The summed E-state index contributed by atoms with van der Waals surface area (Å²) in [7, 11) is 1.44. The number of nitrogens with zero attached hydrogens (tertiary/aromatic N) is 1. The summed E-state index contributed by atoms with van der Waals surface area (Å²) < 4.78 is 5.29. The maximum atomic E-state index is 13.2. The SMILES string of the molecule is C/C=C\[C@]12CCN3[C@H](C1)c1[nH]c4ccccc4c1C[C@@H]3[C@]2(CO)C(=O)OC. The van der Waals surface area contributed by atoms with Gasteiger partial charge >= 0.3 is 5.97 Å². The largest absolute Gasteiger partial charge is 0.468 e. The van der Waals surface area contributed by atoms with E-state index < -0.39 is 5.41 Å². The fourth-order valence-corrected chi connectivity index (χ4v) is 6.39. The summed E-state index contributed by atoms with van der Waals surface area (Å²) in [6.45, 7) is 2.75. The number of rotatable bonds is 3. The lowest BCUT2D eigenvalue weighted by Crippen LogP contribution is -2.73. The van der Waals surface area contributed by atoms with Gasteiger partial charge < -0.3 is 14.8 Å². The Balaban J connectivity index is 1.76. The maximum Gasteiger partial charge on any atom is 0.316 e. The Morgan fingerprint density at radius 2 is 2.26 bits per heavy atom. The second-order valence-corrected chi connectivity index (χ2v) is 8.27. The number of aliphatic hydroxyl groups is 1. The van der Waals surface area contributed by atoms with Crippen molar-refractivity contribution in [1.29, 1.82) is 0 Å². The standard InChI is InChI=1S/C22H26N2O3/c1-3-8-21-9-10-24-17(12-21)19-15(14-6-4-5-7-16(14)23-19)11-18(24)22(21,13-25)20(26)27-2/h3-8,17-18,23,25H,9-13H2,1-2H3/b8-3-/t17-,18-,21+,22-/m1/s1. The van der Waals surface area contributed by atoms with Crippen LogP contribution in [-0.2, 0) is 16.0 Å². The molecular weight excluding hydrogens is 340 g/mol. The number of hydrogen-bond acceptors (Lipinski definition) is 4. The first-order valence-electron chi connectivity index (χ1n) is 9.80. The minimum Gasteiger partial charge on any atom is -0.468 e. The number of esters is 1. The molecule has 1 unspecified atom stereocenters. The van der Waals surface area contributed by atoms with Crippen molar-refractivity contribution in [2.75, 3.05) is 20.3 Å². The molecule has 3 fully saturated rings. The van der Waals surface area contributed by atoms with Crippen molar-refractivity contribution in [3.8, 4) is 0 Å². The highest BCUT2D eigenvalue weighted by Gasteiger charge is 2.69. The minimum absolute atomic E-state index is 0.0506. The van der Waals surface area contributed by atoms with Crippen LogP contribution in [0.1, 0.15) is 37.1 Å². The Bertz CT molecular complexity index is 948. The normalized spacial score (nSPS) is 36.9. The van der Waals surface area contributed by atoms with Gasteiger partial charge in [0.25, 0.3) is 0 Å². The summed E-state index contributed by atoms with van der Waals surface area (Å²) in [5.74, 6) is -0.278. The van der Waals surface area contributed by atoms with E-state index in [0.717, 1.165) is 31.3 Å². The van der Waals surface area contributed by atoms with E-state index >= 15 is 0 Å². The lowest BCUT2D eigenvalue weighted by atomic mass is 9.48. The molecule has 0 radical (unpaired) electrons. The van der Waals surface area contributed by atoms with Gasteiger partial charge in [0.1, 0.15) is 5.41 Å². The molecule has 142 valence electrons. The highest BCUT2D eigenvalue weighted by Crippen LogP contribution is 2.65. The van der Waals surface area contributed by atoms with Crippen LogP contribution in [0.4, 0.5) is 0 Å². The fourth-order valence-electron chi connectivity index (χ4n) is 6.39. The van der Waals surface area contributed by atoms with Crippen LogP contribution in [0.3, 0.4) is 0 Å². The van der Waals surface area contributed by atoms with Crippen LogP contribution in [-0.4, -0.2) is 47.3 Å². The van der Waals surface area contributed by atoms with Gasteiger partial charge in [-0.2, -0.15) is 0 Å². The molecule has 5 nitrogen and oxygen atoms in total. The van der Waals surface area contributed by atoms with E-state index in [1.807, 2.05) is 13.0 Å². The third-order valence-corrected chi connectivity index (χ3v) is 7.49. The number of carbonyl (C=O) groups excluding carboxylic acids is 1. The zero-order valence-electron chi connectivity index (χ0n) is 15.9. The molecule has 0 aliphatic carbocycles. The Labute approximate surface area is 159 Å². The van der Waals surface area contributed by atoms with Crippen LogP contribution < -0.4 is 0 Å². The molecule has 4 aliphatic rings. The Morgan fingerprint density at radius 3 is 3.00 bits per heavy atom. The number of aromatic nitrogens is 1. The molecule has 4 aliphatic heterocycles. The molecule has 6 rings (SSSR count). The molecule has 0 amide bonds. The summed E-state index contributed by atoms with van der Waals surface area (Å²) in [5, 5.41) is 11.8. The molecular formula is C22H26N2O3. The number of fused-ring (bicyclic) bond motifs is 4. The summed E-state index contributed by atoms with van der Waals surface area (Å²) in [4.78, 5) is 19.3. The number of allylic oxidation sites excluding steroid dienone is 2. The third kappa shape index (κ3) is 1.89. The number of hydrogen-bond donors (Lipinski definition) is 2. The van der Waals surface area contributed by atoms with Gasteiger partial charge in [-0.05, 0) is 37.8 Å². The molecule has 3 saturated heterocycles. The van der Waals surface area contributed by atoms with Crippen molar-refractivity contribution >= 4 is 16.9 Å². The van der Waals surface area contributed by atoms with Crippen molar-refractivity contribution < 1.29 is 14.6 Å². The van der Waals surface area contributed by atoms with E-state index in [-0.39, 0.29) is 30.1 Å². The van der Waals surface area contributed by atoms with Gasteiger partial charge in [0, 0.05) is 34.6 Å². The number of para-hydroxylation sites is 1. The van der Waals surface area contributed by atoms with Gasteiger partial charge in [-0.15, -0.1) is 0 Å². The minimum atomic E-state index is -0.918. The first-order chi connectivity index (χ1) is 13.1. The number of H-pyrrole nitrogens is 1. The Kier molecular flexibility index (Phi) is 3.59. The Hall–Kier alpha value is -2.11. The molecule has 2 aromatic rings. The molecule has 1 aromatic heterocycles. The van der Waals surface area contributed by atoms with Crippen molar-refractivity contribution in [3.05, 3.63) is 47.7 Å². The molecule has 5 atom stereocenters. The maximum absolute atomic E-state index is 13.2. The highest BCUT2D eigenvalue weighted by atomic mass is 16.5. The predicted octanol–water partition coefficient (Wildman–Crippen LogP) is 2.96. The lowest BCUT2D eigenvalue weighted by Gasteiger charge is -2.66. The predicted molar refractivity (Wildman–Crippen MR) is 103 cm³/mol. The second kappa shape index (κ2) is 5.69. The number of ether oxygens (including phenoxy) is 1. The van der Waals surface area contributed by atoms with Crippen molar-refractivity contribution in [2.45, 2.75) is 38.3 Å². The fraction of sp³-hybridized carbons (Fsp3) is 0.500. The quantitative estimate of drug-likeness (QED) is 0.647. The Morgan fingerprint density at radius 1 is 1.44 bits per heavy atom. The zero-order chi connectivity index (χ0) is 18.8. The zero-order valence-corrected chi connectivity index (χ0v) is 15.9. The van der Waals surface area contributed by atoms with Crippen LogP contribution in [0.5, 0.6) is 0 Å². The van der Waals surface area contributed by atoms with E-state index in [1.165, 1.54) is 23.8 Å². The number of carbonyl (C=O) groups is 1. The monoisotopic (exact) mass is 366 g/mol. The van der Waals surface area contributed by atoms with Gasteiger partial charge in [0.05, 0.1) is 19.8 Å². The molecule has 5 heteroatoms. The van der Waals surface area contributed by atoms with Gasteiger partial charge in [-0.25, -0.2) is 0 Å². The summed E-state index contributed by atoms with van der Waals surface area (Å²) in [6, 6.07) is 8.59. The van der Waals surface area contributed by atoms with Crippen LogP contribution in [0.2, 0.25) is 0 Å². The number of aromatic amines is 1. The smallest absolute Gasteiger partial charge is 0.316 e. The molecule has 27 heavy (non-hydrogen) atoms. The topological polar surface area (TPSA) is 65.6 Å². The van der Waals surface area contributed by atoms with Gasteiger partial charge in [0.2, 0.25) is 0 Å². The average Bonchev–Trinajstić information content (AvgIpc) is 3.07. The van der Waals surface area contributed by atoms with Gasteiger partial charge in [-0.3, -0.25) is 9.69 Å². The van der Waals surface area contributed by atoms with E-state index in [1.54, 1.807) is 0 Å². The number of benzene rings is 1. The van der Waals surface area contributed by atoms with Crippen LogP contribution in [0, 0.1) is 10.8 Å². The van der Waals surface area contributed by atoms with E-state index in [9.17, 15) is 9.90 Å². The third-order valence-electron chi connectivity index (χ3n) is 7.49. The molecule has 0 spiro atoms. The number of aliphatic hydroxyl groups excluding tert-OH is 1. The van der Waals surface area contributed by atoms with Gasteiger partial charge in [0.15, 0.2) is 0 Å². The number of methoxy groups -OCH3 is 1. The van der Waals surface area contributed by atoms with Crippen molar-refractivity contribution in [2.24, 2.45) is 10.8 Å². The first-order valence-corrected chi connectivity index (χ1v) is 9.80. The second-order valence-electron chi connectivity index (χ2n) is 8.27. The molecule has 5 heterocycles. The van der Waals surface area contributed by atoms with Crippen LogP contribution in [0.25, 0.3) is 10.9 Å². The van der Waals surface area contributed by atoms with Crippen molar-refractivity contribution in [1.82, 2.24) is 9.88 Å². The van der Waals surface area contributed by atoms with E-state index in [4.69, 9.17) is 4.74 Å². The first kappa shape index (κ1) is 17.0. The molecule has 2 N–H and O–H groups in total. The lowest BCUT2D eigenvalue weighted by molar-refractivity contribution is -0.209. The van der Waals surface area contributed by atoms with Crippen LogP contribution in [0.15, 0.2) is 36.4 Å². The van der Waals surface area contributed by atoms with Crippen molar-refractivity contribution in [3.63, 3.8) is 0 Å². The number of piperidine rings is 3. The average molecular weight is 366 g/mol. The van der Waals surface area contributed by atoms with Crippen LogP contribution >= 0.6 is 0 Å². The van der Waals surface area contributed by atoms with E-state index in [0.29, 0.717) is 0 Å². The van der Waals surface area contributed by atoms with Gasteiger partial charge in [-0.1, -0.05) is 30.4 Å². The van der Waals surface area contributed by atoms with E-state index in [2.05, 4.69) is 40.2 Å². The highest BCUT2D eigenvalue weighted by molar-refractivity contribution is 5.86. The number of nitrogens with one attached hydrogen (secondary N) is 1. The summed E-state index contributed by atoms with van der Waals surface area (Å²) >= 11 is 0.